The highest BCUT2D eigenvalue weighted by atomic mass is 32.1. The molecule has 0 bridgehead atoms. The molecule has 4 rings (SSSR count). The Balaban J connectivity index is 1.40. The van der Waals surface area contributed by atoms with Crippen molar-refractivity contribution < 1.29 is 9.53 Å². The number of ether oxygens (including phenoxy) is 1. The van der Waals surface area contributed by atoms with Crippen molar-refractivity contribution in [2.75, 3.05) is 11.9 Å². The molecule has 4 nitrogen and oxygen atoms in total. The Labute approximate surface area is 167 Å². The van der Waals surface area contributed by atoms with E-state index in [4.69, 9.17) is 4.74 Å². The van der Waals surface area contributed by atoms with Gasteiger partial charge in [0.2, 0.25) is 0 Å². The second-order valence-electron chi connectivity index (χ2n) is 6.61. The minimum absolute atomic E-state index is 0.0335. The first kappa shape index (κ1) is 18.2. The summed E-state index contributed by atoms with van der Waals surface area (Å²) in [6.45, 7) is 3.92. The van der Waals surface area contributed by atoms with E-state index in [9.17, 15) is 4.79 Å². The maximum atomic E-state index is 12.2. The molecule has 0 spiro atoms. The Bertz CT molecular complexity index is 1080. The van der Waals surface area contributed by atoms with Crippen LogP contribution in [-0.4, -0.2) is 17.5 Å². The summed E-state index contributed by atoms with van der Waals surface area (Å²) in [5.74, 6) is 0.481. The second-order valence-corrected chi connectivity index (χ2v) is 7.65. The summed E-state index contributed by atoms with van der Waals surface area (Å²) in [4.78, 5) is 16.9. The fourth-order valence-corrected chi connectivity index (χ4v) is 4.00. The molecule has 140 valence electrons. The molecule has 1 N–H and O–H groups in total. The normalized spacial score (nSPS) is 10.8. The highest BCUT2D eigenvalue weighted by Crippen LogP contribution is 2.30. The molecular formula is C23H20N2O2S. The van der Waals surface area contributed by atoms with Gasteiger partial charge in [-0.25, -0.2) is 4.98 Å². The number of aryl methyl sites for hydroxylation is 2. The maximum absolute atomic E-state index is 12.2. The van der Waals surface area contributed by atoms with Crippen LogP contribution in [0.5, 0.6) is 5.75 Å². The molecule has 0 aliphatic rings. The number of carbonyl (C=O) groups is 1. The van der Waals surface area contributed by atoms with Gasteiger partial charge in [0.15, 0.2) is 6.61 Å². The number of thiazole rings is 1. The smallest absolute Gasteiger partial charge is 0.262 e. The topological polar surface area (TPSA) is 51.2 Å². The lowest BCUT2D eigenvalue weighted by Crippen LogP contribution is -2.21. The molecule has 4 aromatic rings. The largest absolute Gasteiger partial charge is 0.484 e. The molecule has 3 aromatic carbocycles. The molecule has 5 heteroatoms. The number of fused-ring (bicyclic) bond motifs is 1. The predicted molar refractivity (Wildman–Crippen MR) is 115 cm³/mol. The van der Waals surface area contributed by atoms with Crippen molar-refractivity contribution in [2.45, 2.75) is 13.8 Å². The average molecular weight is 388 g/mol. The quantitative estimate of drug-likeness (QED) is 0.484. The number of nitrogens with zero attached hydrogens (tertiary/aromatic N) is 1. The maximum Gasteiger partial charge on any atom is 0.262 e. The van der Waals surface area contributed by atoms with Gasteiger partial charge in [0.1, 0.15) is 10.8 Å². The molecule has 0 aliphatic carbocycles. The number of hydrogen-bond acceptors (Lipinski definition) is 4. The van der Waals surface area contributed by atoms with Gasteiger partial charge < -0.3 is 10.1 Å². The van der Waals surface area contributed by atoms with Gasteiger partial charge in [-0.2, -0.15) is 0 Å². The Morgan fingerprint density at radius 1 is 0.964 bits per heavy atom. The lowest BCUT2D eigenvalue weighted by atomic mass is 10.1. The number of anilines is 1. The van der Waals surface area contributed by atoms with Crippen molar-refractivity contribution in [1.29, 1.82) is 0 Å². The van der Waals surface area contributed by atoms with Gasteiger partial charge in [-0.3, -0.25) is 4.79 Å². The van der Waals surface area contributed by atoms with Gasteiger partial charge in [-0.1, -0.05) is 30.3 Å². The Kier molecular flexibility index (Phi) is 5.08. The summed E-state index contributed by atoms with van der Waals surface area (Å²) in [5, 5.41) is 3.90. The van der Waals surface area contributed by atoms with Crippen LogP contribution < -0.4 is 10.1 Å². The van der Waals surface area contributed by atoms with Gasteiger partial charge in [-0.15, -0.1) is 11.3 Å². The van der Waals surface area contributed by atoms with Gasteiger partial charge in [0.25, 0.3) is 5.91 Å². The van der Waals surface area contributed by atoms with Crippen molar-refractivity contribution in [3.05, 3.63) is 77.9 Å². The summed E-state index contributed by atoms with van der Waals surface area (Å²) in [6, 6.07) is 21.7. The molecule has 0 radical (unpaired) electrons. The van der Waals surface area contributed by atoms with Gasteiger partial charge in [-0.05, 0) is 61.4 Å². The zero-order valence-electron chi connectivity index (χ0n) is 15.7. The van der Waals surface area contributed by atoms with Crippen LogP contribution >= 0.6 is 11.3 Å². The van der Waals surface area contributed by atoms with Crippen LogP contribution in [0.15, 0.2) is 66.7 Å². The Hall–Kier alpha value is -3.18. The lowest BCUT2D eigenvalue weighted by Gasteiger charge is -2.12. The molecular weight excluding hydrogens is 368 g/mol. The van der Waals surface area contributed by atoms with Crippen LogP contribution in [0.1, 0.15) is 11.1 Å². The SMILES string of the molecule is Cc1cccc(C)c1NC(=O)COc1ccc(-c2nc3ccccc3s2)cc1. The van der Waals surface area contributed by atoms with E-state index in [0.717, 1.165) is 32.9 Å². The van der Waals surface area contributed by atoms with E-state index in [0.29, 0.717) is 5.75 Å². The lowest BCUT2D eigenvalue weighted by molar-refractivity contribution is -0.118. The summed E-state index contributed by atoms with van der Waals surface area (Å²) >= 11 is 1.66. The number of benzene rings is 3. The molecule has 0 saturated carbocycles. The van der Waals surface area contributed by atoms with Crippen LogP contribution in [-0.2, 0) is 4.79 Å². The number of amides is 1. The molecule has 0 aliphatic heterocycles. The van der Waals surface area contributed by atoms with Gasteiger partial charge in [0, 0.05) is 11.3 Å². The number of para-hydroxylation sites is 2. The molecule has 28 heavy (non-hydrogen) atoms. The summed E-state index contributed by atoms with van der Waals surface area (Å²) < 4.78 is 6.81. The van der Waals surface area contributed by atoms with E-state index in [1.165, 1.54) is 4.70 Å². The first-order valence-corrected chi connectivity index (χ1v) is 9.87. The van der Waals surface area contributed by atoms with Crippen LogP contribution in [0.4, 0.5) is 5.69 Å². The second kappa shape index (κ2) is 7.82. The van der Waals surface area contributed by atoms with Crippen molar-refractivity contribution in [3.63, 3.8) is 0 Å². The first-order chi connectivity index (χ1) is 13.6. The van der Waals surface area contributed by atoms with E-state index in [1.807, 2.05) is 74.5 Å². The molecule has 0 atom stereocenters. The molecule has 0 saturated heterocycles. The minimum atomic E-state index is -0.173. The predicted octanol–water partition coefficient (Wildman–Crippen LogP) is 5.60. The van der Waals surface area contributed by atoms with E-state index in [2.05, 4.69) is 16.4 Å². The van der Waals surface area contributed by atoms with E-state index >= 15 is 0 Å². The third kappa shape index (κ3) is 3.89. The number of nitrogens with one attached hydrogen (secondary N) is 1. The number of aromatic nitrogens is 1. The number of rotatable bonds is 5. The van der Waals surface area contributed by atoms with Crippen molar-refractivity contribution >= 4 is 33.1 Å². The van der Waals surface area contributed by atoms with Crippen LogP contribution in [0.2, 0.25) is 0 Å². The molecule has 0 fully saturated rings. The number of hydrogen-bond donors (Lipinski definition) is 1. The molecule has 1 aromatic heterocycles. The third-order valence-electron chi connectivity index (χ3n) is 4.51. The van der Waals surface area contributed by atoms with E-state index in [-0.39, 0.29) is 12.5 Å². The highest BCUT2D eigenvalue weighted by molar-refractivity contribution is 7.21. The average Bonchev–Trinajstić information content (AvgIpc) is 3.14. The van der Waals surface area contributed by atoms with E-state index < -0.39 is 0 Å². The zero-order valence-corrected chi connectivity index (χ0v) is 16.5. The molecule has 1 heterocycles. The Morgan fingerprint density at radius 2 is 1.68 bits per heavy atom. The van der Waals surface area contributed by atoms with Gasteiger partial charge >= 0.3 is 0 Å². The minimum Gasteiger partial charge on any atom is -0.484 e. The van der Waals surface area contributed by atoms with Crippen LogP contribution in [0, 0.1) is 13.8 Å². The van der Waals surface area contributed by atoms with Gasteiger partial charge in [0.05, 0.1) is 10.2 Å². The standard InChI is InChI=1S/C23H20N2O2S/c1-15-6-5-7-16(2)22(15)25-21(26)14-27-18-12-10-17(11-13-18)23-24-19-8-3-4-9-20(19)28-23/h3-13H,14H2,1-2H3,(H,25,26). The molecule has 1 amide bonds. The fourth-order valence-electron chi connectivity index (χ4n) is 3.03. The monoisotopic (exact) mass is 388 g/mol. The highest BCUT2D eigenvalue weighted by Gasteiger charge is 2.09. The zero-order chi connectivity index (χ0) is 19.5. The summed E-state index contributed by atoms with van der Waals surface area (Å²) in [7, 11) is 0. The summed E-state index contributed by atoms with van der Waals surface area (Å²) in [6.07, 6.45) is 0. The van der Waals surface area contributed by atoms with Crippen molar-refractivity contribution in [3.8, 4) is 16.3 Å². The van der Waals surface area contributed by atoms with Crippen molar-refractivity contribution in [2.24, 2.45) is 0 Å². The number of carbonyl (C=O) groups excluding carboxylic acids is 1. The van der Waals surface area contributed by atoms with Crippen LogP contribution in [0.25, 0.3) is 20.8 Å². The summed E-state index contributed by atoms with van der Waals surface area (Å²) in [5.41, 5.74) is 4.96. The Morgan fingerprint density at radius 3 is 2.39 bits per heavy atom. The first-order valence-electron chi connectivity index (χ1n) is 9.05. The molecule has 0 unspecified atom stereocenters. The fraction of sp³-hybridized carbons (Fsp3) is 0.130. The van der Waals surface area contributed by atoms with Crippen LogP contribution in [0.3, 0.4) is 0 Å². The van der Waals surface area contributed by atoms with E-state index in [1.54, 1.807) is 11.3 Å². The van der Waals surface area contributed by atoms with Crippen molar-refractivity contribution in [1.82, 2.24) is 4.98 Å². The third-order valence-corrected chi connectivity index (χ3v) is 5.60.